The first-order valence-corrected chi connectivity index (χ1v) is 8.28. The first kappa shape index (κ1) is 16.8. The first-order valence-electron chi connectivity index (χ1n) is 8.28. The number of hydrogen-bond donors (Lipinski definition) is 1. The van der Waals surface area contributed by atoms with E-state index in [4.69, 9.17) is 0 Å². The predicted molar refractivity (Wildman–Crippen MR) is 99.9 cm³/mol. The Morgan fingerprint density at radius 1 is 1.04 bits per heavy atom. The van der Waals surface area contributed by atoms with Crippen LogP contribution in [0.1, 0.15) is 38.6 Å². The molecular formula is C21H21N3O. The van der Waals surface area contributed by atoms with Crippen LogP contribution in [0.4, 0.5) is 5.69 Å². The molecule has 0 aliphatic carbocycles. The van der Waals surface area contributed by atoms with Gasteiger partial charge >= 0.3 is 0 Å². The van der Waals surface area contributed by atoms with E-state index in [0.29, 0.717) is 23.5 Å². The maximum Gasteiger partial charge on any atom is 0.259 e. The average Bonchev–Trinajstić information content (AvgIpc) is 2.59. The number of carbonyl (C=O) groups is 1. The highest BCUT2D eigenvalue weighted by Gasteiger charge is 2.13. The molecule has 126 valence electrons. The number of aryl methyl sites for hydroxylation is 3. The van der Waals surface area contributed by atoms with Crippen LogP contribution in [-0.2, 0) is 6.42 Å². The fourth-order valence-corrected chi connectivity index (χ4v) is 2.66. The lowest BCUT2D eigenvalue weighted by atomic mass is 10.1. The summed E-state index contributed by atoms with van der Waals surface area (Å²) in [6.45, 7) is 5.82. The lowest BCUT2D eigenvalue weighted by molar-refractivity contribution is 0.102. The zero-order valence-electron chi connectivity index (χ0n) is 14.7. The van der Waals surface area contributed by atoms with E-state index >= 15 is 0 Å². The minimum Gasteiger partial charge on any atom is -0.322 e. The van der Waals surface area contributed by atoms with E-state index in [9.17, 15) is 4.79 Å². The summed E-state index contributed by atoms with van der Waals surface area (Å²) in [5.41, 5.74) is 5.28. The third-order valence-corrected chi connectivity index (χ3v) is 4.12. The van der Waals surface area contributed by atoms with Crippen molar-refractivity contribution in [2.75, 3.05) is 5.32 Å². The number of nitrogens with zero attached hydrogens (tertiary/aromatic N) is 2. The van der Waals surface area contributed by atoms with Gasteiger partial charge in [-0.1, -0.05) is 42.5 Å². The molecule has 0 aliphatic rings. The van der Waals surface area contributed by atoms with Crippen LogP contribution in [0.2, 0.25) is 0 Å². The summed E-state index contributed by atoms with van der Waals surface area (Å²) in [4.78, 5) is 21.4. The largest absolute Gasteiger partial charge is 0.322 e. The lowest BCUT2D eigenvalue weighted by Crippen LogP contribution is -2.16. The normalized spacial score (nSPS) is 10.5. The zero-order chi connectivity index (χ0) is 17.8. The molecular weight excluding hydrogens is 310 g/mol. The van der Waals surface area contributed by atoms with Crippen molar-refractivity contribution in [1.82, 2.24) is 9.97 Å². The summed E-state index contributed by atoms with van der Waals surface area (Å²) in [6, 6.07) is 16.0. The predicted octanol–water partition coefficient (Wildman–Crippen LogP) is 4.24. The fraction of sp³-hybridized carbons (Fsp3) is 0.190. The minimum atomic E-state index is -0.183. The number of nitrogens with one attached hydrogen (secondary N) is 1. The van der Waals surface area contributed by atoms with Gasteiger partial charge in [0.25, 0.3) is 5.91 Å². The van der Waals surface area contributed by atoms with Gasteiger partial charge < -0.3 is 5.32 Å². The Morgan fingerprint density at radius 3 is 2.52 bits per heavy atom. The second-order valence-corrected chi connectivity index (χ2v) is 6.22. The molecule has 4 nitrogen and oxygen atoms in total. The number of rotatable bonds is 4. The molecule has 0 bridgehead atoms. The topological polar surface area (TPSA) is 54.9 Å². The highest BCUT2D eigenvalue weighted by molar-refractivity contribution is 6.05. The van der Waals surface area contributed by atoms with Crippen LogP contribution >= 0.6 is 0 Å². The van der Waals surface area contributed by atoms with Gasteiger partial charge in [-0.3, -0.25) is 4.79 Å². The highest BCUT2D eigenvalue weighted by Crippen LogP contribution is 2.18. The maximum absolute atomic E-state index is 12.6. The monoisotopic (exact) mass is 331 g/mol. The van der Waals surface area contributed by atoms with Gasteiger partial charge in [0.1, 0.15) is 5.82 Å². The zero-order valence-corrected chi connectivity index (χ0v) is 14.7. The Hall–Kier alpha value is -3.01. The van der Waals surface area contributed by atoms with Crippen molar-refractivity contribution in [2.45, 2.75) is 27.2 Å². The van der Waals surface area contributed by atoms with Crippen LogP contribution in [0.25, 0.3) is 0 Å². The van der Waals surface area contributed by atoms with Crippen molar-refractivity contribution >= 4 is 11.6 Å². The average molecular weight is 331 g/mol. The highest BCUT2D eigenvalue weighted by atomic mass is 16.1. The van der Waals surface area contributed by atoms with Crippen molar-refractivity contribution in [3.8, 4) is 0 Å². The van der Waals surface area contributed by atoms with E-state index in [1.165, 1.54) is 0 Å². The molecule has 0 saturated heterocycles. The molecule has 1 N–H and O–H groups in total. The van der Waals surface area contributed by atoms with Crippen LogP contribution in [0.3, 0.4) is 0 Å². The molecule has 3 rings (SSSR count). The molecule has 0 spiro atoms. The SMILES string of the molecule is Cc1ccc(C)c(NC(=O)c2cnc(Cc3ccccc3)nc2C)c1. The molecule has 1 amide bonds. The van der Waals surface area contributed by atoms with Gasteiger partial charge in [-0.15, -0.1) is 0 Å². The van der Waals surface area contributed by atoms with Crippen LogP contribution in [-0.4, -0.2) is 15.9 Å². The molecule has 0 aliphatic heterocycles. The van der Waals surface area contributed by atoms with E-state index in [1.54, 1.807) is 6.20 Å². The van der Waals surface area contributed by atoms with Gasteiger partial charge in [0.05, 0.1) is 11.3 Å². The molecule has 1 heterocycles. The van der Waals surface area contributed by atoms with E-state index in [2.05, 4.69) is 15.3 Å². The Morgan fingerprint density at radius 2 is 1.80 bits per heavy atom. The Balaban J connectivity index is 1.78. The molecule has 2 aromatic carbocycles. The number of benzene rings is 2. The van der Waals surface area contributed by atoms with Crippen molar-refractivity contribution in [1.29, 1.82) is 0 Å². The summed E-state index contributed by atoms with van der Waals surface area (Å²) >= 11 is 0. The van der Waals surface area contributed by atoms with Crippen LogP contribution < -0.4 is 5.32 Å². The van der Waals surface area contributed by atoms with E-state index in [-0.39, 0.29) is 5.91 Å². The fourth-order valence-electron chi connectivity index (χ4n) is 2.66. The quantitative estimate of drug-likeness (QED) is 0.778. The molecule has 0 saturated carbocycles. The molecule has 1 aromatic heterocycles. The number of amides is 1. The van der Waals surface area contributed by atoms with Gasteiger partial charge in [0.2, 0.25) is 0 Å². The molecule has 0 radical (unpaired) electrons. The van der Waals surface area contributed by atoms with Gasteiger partial charge in [0, 0.05) is 18.3 Å². The molecule has 3 aromatic rings. The van der Waals surface area contributed by atoms with E-state index < -0.39 is 0 Å². The van der Waals surface area contributed by atoms with Gasteiger partial charge in [-0.2, -0.15) is 0 Å². The van der Waals surface area contributed by atoms with Crippen molar-refractivity contribution < 1.29 is 4.79 Å². The number of anilines is 1. The van der Waals surface area contributed by atoms with Crippen molar-refractivity contribution in [3.05, 3.63) is 88.5 Å². The number of carbonyl (C=O) groups excluding carboxylic acids is 1. The van der Waals surface area contributed by atoms with Crippen LogP contribution in [0.5, 0.6) is 0 Å². The standard InChI is InChI=1S/C21H21N3O/c1-14-9-10-15(2)19(11-14)24-21(25)18-13-22-20(23-16(18)3)12-17-7-5-4-6-8-17/h4-11,13H,12H2,1-3H3,(H,24,25). The minimum absolute atomic E-state index is 0.183. The number of aromatic nitrogens is 2. The maximum atomic E-state index is 12.6. The lowest BCUT2D eigenvalue weighted by Gasteiger charge is -2.11. The second-order valence-electron chi connectivity index (χ2n) is 6.22. The third kappa shape index (κ3) is 4.10. The third-order valence-electron chi connectivity index (χ3n) is 4.12. The Bertz CT molecular complexity index is 904. The molecule has 0 fully saturated rings. The van der Waals surface area contributed by atoms with Crippen LogP contribution in [0, 0.1) is 20.8 Å². The van der Waals surface area contributed by atoms with Crippen LogP contribution in [0.15, 0.2) is 54.7 Å². The Kier molecular flexibility index (Phi) is 4.89. The second kappa shape index (κ2) is 7.26. The first-order chi connectivity index (χ1) is 12.0. The summed E-state index contributed by atoms with van der Waals surface area (Å²) in [6.07, 6.45) is 2.27. The smallest absolute Gasteiger partial charge is 0.259 e. The summed E-state index contributed by atoms with van der Waals surface area (Å²) < 4.78 is 0. The van der Waals surface area contributed by atoms with Crippen molar-refractivity contribution in [2.24, 2.45) is 0 Å². The van der Waals surface area contributed by atoms with Gasteiger partial charge in [-0.05, 0) is 43.5 Å². The number of hydrogen-bond acceptors (Lipinski definition) is 3. The molecule has 4 heteroatoms. The Labute approximate surface area is 148 Å². The molecule has 0 atom stereocenters. The summed E-state index contributed by atoms with van der Waals surface area (Å²) in [5.74, 6) is 0.532. The van der Waals surface area contributed by atoms with E-state index in [1.807, 2.05) is 69.3 Å². The van der Waals surface area contributed by atoms with E-state index in [0.717, 1.165) is 22.4 Å². The summed E-state index contributed by atoms with van der Waals surface area (Å²) in [5, 5.41) is 2.96. The summed E-state index contributed by atoms with van der Waals surface area (Å²) in [7, 11) is 0. The van der Waals surface area contributed by atoms with Crippen molar-refractivity contribution in [3.63, 3.8) is 0 Å². The molecule has 0 unspecified atom stereocenters. The molecule has 25 heavy (non-hydrogen) atoms. The van der Waals surface area contributed by atoms with Gasteiger partial charge in [-0.25, -0.2) is 9.97 Å². The van der Waals surface area contributed by atoms with Gasteiger partial charge in [0.15, 0.2) is 0 Å².